The fraction of sp³-hybridized carbons (Fsp3) is 0.667. The Labute approximate surface area is 38.4 Å². The summed E-state index contributed by atoms with van der Waals surface area (Å²) in [4.78, 5) is 10.1. The molecule has 34 valence electrons. The van der Waals surface area contributed by atoms with Crippen molar-refractivity contribution in [3.8, 4) is 0 Å². The van der Waals surface area contributed by atoms with Gasteiger partial charge < -0.3 is 4.43 Å². The van der Waals surface area contributed by atoms with Gasteiger partial charge in [-0.2, -0.15) is 0 Å². The fourth-order valence-electron chi connectivity index (χ4n) is 0.475. The van der Waals surface area contributed by atoms with E-state index >= 15 is 0 Å². The van der Waals surface area contributed by atoms with Gasteiger partial charge in [-0.3, -0.25) is 4.79 Å². The van der Waals surface area contributed by atoms with E-state index in [9.17, 15) is 4.79 Å². The summed E-state index contributed by atoms with van der Waals surface area (Å²) in [6, 6.07) is 1.05. The Balaban J connectivity index is 2.37. The molecule has 1 saturated heterocycles. The van der Waals surface area contributed by atoms with Gasteiger partial charge in [0.15, 0.2) is 0 Å². The molecule has 0 N–H and O–H groups in total. The van der Waals surface area contributed by atoms with Crippen LogP contribution in [-0.2, 0) is 9.22 Å². The molecule has 0 bridgehead atoms. The van der Waals surface area contributed by atoms with E-state index in [-0.39, 0.29) is 15.7 Å². The summed E-state index contributed by atoms with van der Waals surface area (Å²) in [5.74, 6) is 0.0154. The number of hydrogen-bond acceptors (Lipinski definition) is 2. The summed E-state index contributed by atoms with van der Waals surface area (Å²) < 4.78 is 4.65. The van der Waals surface area contributed by atoms with Gasteiger partial charge in [-0.05, 0) is 6.04 Å². The van der Waals surface area contributed by atoms with Crippen molar-refractivity contribution in [3.05, 3.63) is 0 Å². The van der Waals surface area contributed by atoms with E-state index in [1.807, 2.05) is 0 Å². The number of carbonyl (C=O) groups excluding carboxylic acids is 1. The molecule has 3 heteroatoms. The van der Waals surface area contributed by atoms with E-state index in [4.69, 9.17) is 0 Å². The largest absolute Gasteiger partial charge is 0.525 e. The van der Waals surface area contributed by atoms with Gasteiger partial charge >= 0.3 is 0 Å². The second-order valence-corrected chi connectivity index (χ2v) is 2.73. The summed E-state index contributed by atoms with van der Waals surface area (Å²) >= 11 is 0. The first kappa shape index (κ1) is 3.86. The SMILES string of the molecule is O=C1CC[SiH2]O1. The van der Waals surface area contributed by atoms with Crippen molar-refractivity contribution in [1.82, 2.24) is 0 Å². The predicted octanol–water partition coefficient (Wildman–Crippen LogP) is -0.565. The molecule has 0 radical (unpaired) electrons. The van der Waals surface area contributed by atoms with Crippen molar-refractivity contribution in [2.45, 2.75) is 12.5 Å². The third-order valence-corrected chi connectivity index (χ3v) is 1.96. The standard InChI is InChI=1S/C3H6O2Si/c4-3-1-2-6-5-3/h1-2,6H2. The number of hydrogen-bond donors (Lipinski definition) is 0. The van der Waals surface area contributed by atoms with Crippen LogP contribution in [0.4, 0.5) is 0 Å². The van der Waals surface area contributed by atoms with Gasteiger partial charge in [0.05, 0.1) is 0 Å². The van der Waals surface area contributed by atoms with Crippen LogP contribution in [0.15, 0.2) is 0 Å². The Hall–Kier alpha value is -0.313. The first-order valence-corrected chi connectivity index (χ1v) is 3.63. The highest BCUT2D eigenvalue weighted by atomic mass is 28.2. The molecule has 0 aromatic carbocycles. The molecule has 0 amide bonds. The van der Waals surface area contributed by atoms with Crippen LogP contribution in [0.2, 0.25) is 6.04 Å². The second kappa shape index (κ2) is 1.42. The molecule has 0 aliphatic carbocycles. The van der Waals surface area contributed by atoms with Crippen LogP contribution in [0.5, 0.6) is 0 Å². The highest BCUT2D eigenvalue weighted by Crippen LogP contribution is 2.00. The van der Waals surface area contributed by atoms with Gasteiger partial charge in [0.25, 0.3) is 5.97 Å². The molecule has 0 unspecified atom stereocenters. The van der Waals surface area contributed by atoms with Gasteiger partial charge in [0.1, 0.15) is 0 Å². The Morgan fingerprint density at radius 2 is 2.67 bits per heavy atom. The second-order valence-electron chi connectivity index (χ2n) is 1.32. The molecular weight excluding hydrogens is 96.1 g/mol. The molecule has 2 nitrogen and oxygen atoms in total. The summed E-state index contributed by atoms with van der Waals surface area (Å²) in [7, 11) is -0.354. The van der Waals surface area contributed by atoms with E-state index < -0.39 is 0 Å². The number of rotatable bonds is 0. The van der Waals surface area contributed by atoms with Crippen LogP contribution >= 0.6 is 0 Å². The van der Waals surface area contributed by atoms with E-state index in [2.05, 4.69) is 4.43 Å². The maximum atomic E-state index is 10.1. The Bertz CT molecular complexity index is 63.2. The van der Waals surface area contributed by atoms with Crippen molar-refractivity contribution in [2.75, 3.05) is 0 Å². The molecule has 0 spiro atoms. The zero-order valence-corrected chi connectivity index (χ0v) is 4.85. The molecule has 1 heterocycles. The Kier molecular flexibility index (Phi) is 0.917. The molecule has 1 rings (SSSR count). The molecule has 1 aliphatic heterocycles. The van der Waals surface area contributed by atoms with Crippen LogP contribution < -0.4 is 0 Å². The van der Waals surface area contributed by atoms with E-state index in [1.165, 1.54) is 0 Å². The molecule has 0 aromatic rings. The van der Waals surface area contributed by atoms with Crippen molar-refractivity contribution in [2.24, 2.45) is 0 Å². The third kappa shape index (κ3) is 0.595. The van der Waals surface area contributed by atoms with Crippen molar-refractivity contribution in [3.63, 3.8) is 0 Å². The molecule has 0 aromatic heterocycles. The summed E-state index contributed by atoms with van der Waals surface area (Å²) in [6.45, 7) is 0. The van der Waals surface area contributed by atoms with Gasteiger partial charge in [-0.15, -0.1) is 0 Å². The number of carbonyl (C=O) groups is 1. The van der Waals surface area contributed by atoms with E-state index in [1.54, 1.807) is 0 Å². The van der Waals surface area contributed by atoms with Crippen LogP contribution in [-0.4, -0.2) is 15.7 Å². The predicted molar refractivity (Wildman–Crippen MR) is 24.1 cm³/mol. The molecule has 1 fully saturated rings. The topological polar surface area (TPSA) is 26.3 Å². The normalized spacial score (nSPS) is 25.0. The maximum absolute atomic E-state index is 10.1. The van der Waals surface area contributed by atoms with E-state index in [0.29, 0.717) is 6.42 Å². The maximum Gasteiger partial charge on any atom is 0.291 e. The van der Waals surface area contributed by atoms with Crippen LogP contribution in [0.1, 0.15) is 6.42 Å². The minimum atomic E-state index is -0.354. The van der Waals surface area contributed by atoms with Gasteiger partial charge in [0, 0.05) is 6.42 Å². The zero-order chi connectivity index (χ0) is 4.41. The van der Waals surface area contributed by atoms with Crippen LogP contribution in [0.25, 0.3) is 0 Å². The van der Waals surface area contributed by atoms with Gasteiger partial charge in [0.2, 0.25) is 9.76 Å². The Morgan fingerprint density at radius 1 is 1.83 bits per heavy atom. The summed E-state index contributed by atoms with van der Waals surface area (Å²) in [5.41, 5.74) is 0. The lowest BCUT2D eigenvalue weighted by Crippen LogP contribution is -1.90. The lowest BCUT2D eigenvalue weighted by atomic mass is 10.5. The minimum absolute atomic E-state index is 0.0154. The minimum Gasteiger partial charge on any atom is -0.525 e. The highest BCUT2D eigenvalue weighted by molar-refractivity contribution is 6.33. The highest BCUT2D eigenvalue weighted by Gasteiger charge is 2.09. The fourth-order valence-corrected chi connectivity index (χ4v) is 1.42. The van der Waals surface area contributed by atoms with Crippen LogP contribution in [0.3, 0.4) is 0 Å². The van der Waals surface area contributed by atoms with Crippen molar-refractivity contribution in [1.29, 1.82) is 0 Å². The van der Waals surface area contributed by atoms with Gasteiger partial charge in [-0.1, -0.05) is 0 Å². The molecule has 0 saturated carbocycles. The quantitative estimate of drug-likeness (QED) is 0.383. The average Bonchev–Trinajstić information content (AvgIpc) is 1.86. The molecular formula is C3H6O2Si. The summed E-state index contributed by atoms with van der Waals surface area (Å²) in [5, 5.41) is 0. The van der Waals surface area contributed by atoms with Crippen molar-refractivity contribution >= 4 is 15.7 Å². The van der Waals surface area contributed by atoms with Gasteiger partial charge in [-0.25, -0.2) is 0 Å². The first-order valence-electron chi connectivity index (χ1n) is 2.05. The molecule has 1 aliphatic rings. The lowest BCUT2D eigenvalue weighted by molar-refractivity contribution is -0.132. The van der Waals surface area contributed by atoms with Crippen LogP contribution in [0, 0.1) is 0 Å². The average molecular weight is 102 g/mol. The molecule has 6 heavy (non-hydrogen) atoms. The lowest BCUT2D eigenvalue weighted by Gasteiger charge is -1.82. The zero-order valence-electron chi connectivity index (χ0n) is 3.44. The van der Waals surface area contributed by atoms with Crippen molar-refractivity contribution < 1.29 is 9.22 Å². The molecule has 0 atom stereocenters. The summed E-state index contributed by atoms with van der Waals surface area (Å²) in [6.07, 6.45) is 0.687. The van der Waals surface area contributed by atoms with E-state index in [0.717, 1.165) is 6.04 Å². The Morgan fingerprint density at radius 3 is 2.83 bits per heavy atom. The monoisotopic (exact) mass is 102 g/mol. The smallest absolute Gasteiger partial charge is 0.291 e. The third-order valence-electron chi connectivity index (χ3n) is 0.788. The first-order chi connectivity index (χ1) is 2.89.